The van der Waals surface area contributed by atoms with Crippen molar-refractivity contribution in [2.45, 2.75) is 38.5 Å². The van der Waals surface area contributed by atoms with Gasteiger partial charge in [0.2, 0.25) is 0 Å². The lowest BCUT2D eigenvalue weighted by Gasteiger charge is -2.13. The molecule has 21 heavy (non-hydrogen) atoms. The Morgan fingerprint density at radius 1 is 1.00 bits per heavy atom. The molecule has 0 saturated heterocycles. The average molecular weight is 305 g/mol. The van der Waals surface area contributed by atoms with Gasteiger partial charge in [-0.3, -0.25) is 4.72 Å². The van der Waals surface area contributed by atoms with Crippen LogP contribution in [0, 0.1) is 13.8 Å². The first kappa shape index (κ1) is 15.6. The van der Waals surface area contributed by atoms with Crippen LogP contribution < -0.4 is 4.72 Å². The van der Waals surface area contributed by atoms with Crippen molar-refractivity contribution in [2.24, 2.45) is 0 Å². The first-order chi connectivity index (χ1) is 9.79. The van der Waals surface area contributed by atoms with Gasteiger partial charge in [0.05, 0.1) is 4.90 Å². The fourth-order valence-corrected chi connectivity index (χ4v) is 3.37. The summed E-state index contributed by atoms with van der Waals surface area (Å²) in [4.78, 5) is 0.277. The predicted octanol–water partition coefficient (Wildman–Crippen LogP) is 4.47. The highest BCUT2D eigenvalue weighted by Crippen LogP contribution is 2.24. The predicted molar refractivity (Wildman–Crippen MR) is 89.4 cm³/mol. The average Bonchev–Trinajstić information content (AvgIpc) is 2.38. The van der Waals surface area contributed by atoms with Crippen molar-refractivity contribution in [2.75, 3.05) is 4.72 Å². The molecule has 0 bridgehead atoms. The van der Waals surface area contributed by atoms with Crippen molar-refractivity contribution in [1.29, 1.82) is 0 Å². The minimum absolute atomic E-state index is 0. The van der Waals surface area contributed by atoms with Crippen LogP contribution in [0.1, 0.15) is 37.9 Å². The maximum Gasteiger partial charge on any atom is 0.261 e. The minimum Gasteiger partial charge on any atom is -0.280 e. The zero-order valence-corrected chi connectivity index (χ0v) is 13.7. The van der Waals surface area contributed by atoms with E-state index in [-0.39, 0.29) is 6.32 Å². The van der Waals surface area contributed by atoms with Crippen LogP contribution in [0.15, 0.2) is 47.4 Å². The second-order valence-electron chi connectivity index (χ2n) is 5.64. The van der Waals surface area contributed by atoms with Gasteiger partial charge in [0.15, 0.2) is 0 Å². The molecule has 1 N–H and O–H groups in total. The fourth-order valence-electron chi connectivity index (χ4n) is 2.32. The molecule has 4 heteroatoms. The van der Waals surface area contributed by atoms with E-state index in [1.807, 2.05) is 32.0 Å². The Labute approximate surface area is 128 Å². The molecule has 2 aromatic rings. The standard InChI is InChI=1S/C17H21NO2S.H2/c1-12(2)17-10-7-15(11-14(17)4)18-21(19,20)16-8-5-13(3)6-9-16;/h5-12,18H,1-4H3;1H. The monoisotopic (exact) mass is 305 g/mol. The Hall–Kier alpha value is -1.81. The molecule has 0 aliphatic heterocycles. The molecular weight excluding hydrogens is 282 g/mol. The van der Waals surface area contributed by atoms with E-state index in [1.165, 1.54) is 5.56 Å². The van der Waals surface area contributed by atoms with Crippen LogP contribution in [0.5, 0.6) is 0 Å². The van der Waals surface area contributed by atoms with Crippen LogP contribution in [0.3, 0.4) is 0 Å². The fraction of sp³-hybridized carbons (Fsp3) is 0.294. The van der Waals surface area contributed by atoms with E-state index in [0.717, 1.165) is 11.1 Å². The van der Waals surface area contributed by atoms with Gasteiger partial charge in [-0.1, -0.05) is 37.6 Å². The lowest BCUT2D eigenvalue weighted by atomic mass is 9.98. The number of aryl methyl sites for hydroxylation is 2. The summed E-state index contributed by atoms with van der Waals surface area (Å²) in [7, 11) is -3.53. The highest BCUT2D eigenvalue weighted by atomic mass is 32.2. The molecule has 0 fully saturated rings. The molecule has 0 saturated carbocycles. The molecule has 0 spiro atoms. The van der Waals surface area contributed by atoms with E-state index in [9.17, 15) is 8.42 Å². The van der Waals surface area contributed by atoms with Gasteiger partial charge in [0.1, 0.15) is 0 Å². The normalized spacial score (nSPS) is 11.7. The smallest absolute Gasteiger partial charge is 0.261 e. The number of benzene rings is 2. The maximum absolute atomic E-state index is 12.3. The summed E-state index contributed by atoms with van der Waals surface area (Å²) in [5.41, 5.74) is 3.95. The largest absolute Gasteiger partial charge is 0.280 e. The number of anilines is 1. The number of hydrogen-bond donors (Lipinski definition) is 1. The summed E-state index contributed by atoms with van der Waals surface area (Å²) < 4.78 is 27.3. The van der Waals surface area contributed by atoms with Crippen LogP contribution >= 0.6 is 0 Å². The van der Waals surface area contributed by atoms with Gasteiger partial charge in [0.25, 0.3) is 10.0 Å². The summed E-state index contributed by atoms with van der Waals surface area (Å²) in [6.45, 7) is 8.17. The molecule has 2 aromatic carbocycles. The Morgan fingerprint density at radius 2 is 1.62 bits per heavy atom. The molecule has 3 nitrogen and oxygen atoms in total. The van der Waals surface area contributed by atoms with Crippen LogP contribution in [0.2, 0.25) is 0 Å². The number of nitrogens with one attached hydrogen (secondary N) is 1. The molecule has 0 atom stereocenters. The van der Waals surface area contributed by atoms with Crippen LogP contribution in [0.25, 0.3) is 0 Å². The zero-order valence-electron chi connectivity index (χ0n) is 12.8. The third-order valence-electron chi connectivity index (χ3n) is 3.48. The summed E-state index contributed by atoms with van der Waals surface area (Å²) >= 11 is 0. The molecular formula is C17H23NO2S. The highest BCUT2D eigenvalue weighted by Gasteiger charge is 2.14. The van der Waals surface area contributed by atoms with Crippen molar-refractivity contribution >= 4 is 15.7 Å². The lowest BCUT2D eigenvalue weighted by Crippen LogP contribution is -2.13. The van der Waals surface area contributed by atoms with Crippen LogP contribution in [0.4, 0.5) is 5.69 Å². The van der Waals surface area contributed by atoms with E-state index in [2.05, 4.69) is 18.6 Å². The highest BCUT2D eigenvalue weighted by molar-refractivity contribution is 7.92. The van der Waals surface area contributed by atoms with E-state index in [1.54, 1.807) is 24.3 Å². The van der Waals surface area contributed by atoms with E-state index in [4.69, 9.17) is 0 Å². The summed E-state index contributed by atoms with van der Waals surface area (Å²) in [6, 6.07) is 12.5. The van der Waals surface area contributed by atoms with Gasteiger partial charge in [-0.05, 0) is 55.2 Å². The molecule has 0 unspecified atom stereocenters. The SMILES string of the molecule is Cc1ccc(S(=O)(=O)Nc2ccc(C(C)C)c(C)c2)cc1.[HH]. The van der Waals surface area contributed by atoms with Crippen molar-refractivity contribution in [3.05, 3.63) is 59.2 Å². The zero-order chi connectivity index (χ0) is 15.6. The van der Waals surface area contributed by atoms with Crippen molar-refractivity contribution < 1.29 is 9.84 Å². The van der Waals surface area contributed by atoms with Gasteiger partial charge in [0, 0.05) is 7.11 Å². The van der Waals surface area contributed by atoms with Crippen LogP contribution in [-0.4, -0.2) is 8.42 Å². The van der Waals surface area contributed by atoms with E-state index >= 15 is 0 Å². The first-order valence-electron chi connectivity index (χ1n) is 6.99. The molecule has 2 rings (SSSR count). The molecule has 0 amide bonds. The van der Waals surface area contributed by atoms with Crippen molar-refractivity contribution in [3.8, 4) is 0 Å². The van der Waals surface area contributed by atoms with Gasteiger partial charge in [-0.2, -0.15) is 0 Å². The topological polar surface area (TPSA) is 46.2 Å². The molecule has 0 aliphatic carbocycles. The maximum atomic E-state index is 12.3. The second kappa shape index (κ2) is 5.90. The third-order valence-corrected chi connectivity index (χ3v) is 4.87. The summed E-state index contributed by atoms with van der Waals surface area (Å²) in [6.07, 6.45) is 0. The third kappa shape index (κ3) is 3.64. The molecule has 0 heterocycles. The molecule has 0 radical (unpaired) electrons. The second-order valence-corrected chi connectivity index (χ2v) is 7.33. The molecule has 0 aromatic heterocycles. The van der Waals surface area contributed by atoms with Crippen LogP contribution in [-0.2, 0) is 10.0 Å². The Morgan fingerprint density at radius 3 is 2.14 bits per heavy atom. The Kier molecular flexibility index (Phi) is 4.37. The van der Waals surface area contributed by atoms with Gasteiger partial charge >= 0.3 is 0 Å². The van der Waals surface area contributed by atoms with Crippen molar-refractivity contribution in [3.63, 3.8) is 0 Å². The Bertz CT molecular complexity index is 738. The van der Waals surface area contributed by atoms with Gasteiger partial charge in [-0.15, -0.1) is 0 Å². The number of hydrogen-bond acceptors (Lipinski definition) is 2. The Balaban J connectivity index is 0.00000242. The van der Waals surface area contributed by atoms with E-state index in [0.29, 0.717) is 11.6 Å². The van der Waals surface area contributed by atoms with E-state index < -0.39 is 10.0 Å². The first-order valence-corrected chi connectivity index (χ1v) is 8.48. The quantitative estimate of drug-likeness (QED) is 0.905. The number of sulfonamides is 1. The number of rotatable bonds is 4. The lowest BCUT2D eigenvalue weighted by molar-refractivity contribution is 0.601. The summed E-state index contributed by atoms with van der Waals surface area (Å²) in [5, 5.41) is 0. The molecule has 114 valence electrons. The summed E-state index contributed by atoms with van der Waals surface area (Å²) in [5.74, 6) is 0.424. The minimum atomic E-state index is -3.53. The van der Waals surface area contributed by atoms with Gasteiger partial charge < -0.3 is 0 Å². The van der Waals surface area contributed by atoms with Gasteiger partial charge in [-0.25, -0.2) is 8.42 Å². The van der Waals surface area contributed by atoms with Crippen molar-refractivity contribution in [1.82, 2.24) is 0 Å². The molecule has 0 aliphatic rings.